The zero-order chi connectivity index (χ0) is 22.9. The Balaban J connectivity index is 1.61. The lowest BCUT2D eigenvalue weighted by Crippen LogP contribution is -2.26. The molecule has 6 nitrogen and oxygen atoms in total. The van der Waals surface area contributed by atoms with E-state index < -0.39 is 0 Å². The maximum atomic E-state index is 13.4. The van der Waals surface area contributed by atoms with Crippen molar-refractivity contribution in [1.82, 2.24) is 4.98 Å². The van der Waals surface area contributed by atoms with E-state index in [2.05, 4.69) is 41.9 Å². The van der Waals surface area contributed by atoms with E-state index in [1.807, 2.05) is 24.3 Å². The van der Waals surface area contributed by atoms with Gasteiger partial charge in [-0.2, -0.15) is 10.1 Å². The number of carbonyl (C=O) groups is 1. The van der Waals surface area contributed by atoms with Gasteiger partial charge in [0.2, 0.25) is 10.6 Å². The summed E-state index contributed by atoms with van der Waals surface area (Å²) in [6, 6.07) is 19.7. The fourth-order valence-corrected chi connectivity index (χ4v) is 5.08. The smallest absolute Gasteiger partial charge is 0.280 e. The van der Waals surface area contributed by atoms with Gasteiger partial charge in [-0.1, -0.05) is 61.4 Å². The van der Waals surface area contributed by atoms with Crippen molar-refractivity contribution in [2.45, 2.75) is 0 Å². The molecule has 9 heteroatoms. The molecule has 0 aliphatic carbocycles. The lowest BCUT2D eigenvalue weighted by molar-refractivity contribution is 0.0988. The van der Waals surface area contributed by atoms with E-state index in [0.29, 0.717) is 21.7 Å². The van der Waals surface area contributed by atoms with Crippen LogP contribution in [0.5, 0.6) is 0 Å². The molecule has 0 N–H and O–H groups in total. The number of anilines is 1. The van der Waals surface area contributed by atoms with Crippen LogP contribution in [0.25, 0.3) is 21.2 Å². The number of hydrogen-bond donors (Lipinski definition) is 0. The molecule has 0 fully saturated rings. The minimum absolute atomic E-state index is 0.226. The number of hydrogen-bond acceptors (Lipinski definition) is 6. The lowest BCUT2D eigenvalue weighted by Gasteiger charge is -2.14. The quantitative estimate of drug-likeness (QED) is 0.176. The summed E-state index contributed by atoms with van der Waals surface area (Å²) in [5, 5.41) is 6.40. The summed E-state index contributed by atoms with van der Waals surface area (Å²) in [6.07, 6.45) is 2.67. The van der Waals surface area contributed by atoms with Crippen molar-refractivity contribution >= 4 is 81.6 Å². The topological polar surface area (TPSA) is 75.8 Å². The third kappa shape index (κ3) is 4.39. The number of benzene rings is 3. The van der Waals surface area contributed by atoms with Crippen LogP contribution in [0.3, 0.4) is 0 Å². The molecule has 0 bridgehead atoms. The Kier molecular flexibility index (Phi) is 5.92. The van der Waals surface area contributed by atoms with Crippen LogP contribution in [0.2, 0.25) is 0 Å². The van der Waals surface area contributed by atoms with Crippen LogP contribution >= 0.6 is 43.2 Å². The first-order valence-corrected chi connectivity index (χ1v) is 12.1. The maximum Gasteiger partial charge on any atom is 0.280 e. The normalized spacial score (nSPS) is 11.5. The molecule has 162 valence electrons. The van der Waals surface area contributed by atoms with Gasteiger partial charge in [-0.3, -0.25) is 9.59 Å². The Morgan fingerprint density at radius 2 is 1.85 bits per heavy atom. The number of thiazole rings is 1. The summed E-state index contributed by atoms with van der Waals surface area (Å²) < 4.78 is 8.13. The number of rotatable bonds is 4. The lowest BCUT2D eigenvalue weighted by atomic mass is 10.2. The first-order chi connectivity index (χ1) is 16.0. The van der Waals surface area contributed by atoms with Gasteiger partial charge in [0.05, 0.1) is 27.4 Å². The largest absolute Gasteiger partial charge is 0.463 e. The average Bonchev–Trinajstić information content (AvgIpc) is 3.23. The minimum atomic E-state index is -0.379. The van der Waals surface area contributed by atoms with Crippen LogP contribution in [0.15, 0.2) is 96.3 Å². The zero-order valence-electron chi connectivity index (χ0n) is 16.7. The van der Waals surface area contributed by atoms with Gasteiger partial charge in [-0.15, -0.1) is 0 Å². The summed E-state index contributed by atoms with van der Waals surface area (Å²) in [7, 11) is 0. The monoisotopic (exact) mass is 581 g/mol. The Morgan fingerprint density at radius 1 is 1.03 bits per heavy atom. The van der Waals surface area contributed by atoms with Crippen molar-refractivity contribution < 1.29 is 9.21 Å². The maximum absolute atomic E-state index is 13.4. The van der Waals surface area contributed by atoms with Crippen LogP contribution in [0.4, 0.5) is 5.13 Å². The fourth-order valence-electron chi connectivity index (χ4n) is 3.21. The molecule has 5 rings (SSSR count). The van der Waals surface area contributed by atoms with E-state index >= 15 is 0 Å². The van der Waals surface area contributed by atoms with Crippen LogP contribution in [-0.2, 0) is 0 Å². The van der Waals surface area contributed by atoms with E-state index in [9.17, 15) is 9.59 Å². The van der Waals surface area contributed by atoms with Gasteiger partial charge in [-0.25, -0.2) is 4.98 Å². The molecule has 33 heavy (non-hydrogen) atoms. The molecule has 3 aromatic carbocycles. The Hall–Kier alpha value is -3.14. The van der Waals surface area contributed by atoms with Crippen molar-refractivity contribution in [3.05, 3.63) is 103 Å². The van der Waals surface area contributed by atoms with Crippen molar-refractivity contribution in [3.63, 3.8) is 0 Å². The SMILES string of the molecule is O=C(c1cccc(Br)c1)N(/N=C/c1coc2ccccc2c1=O)c1nc2ccc(Br)cc2s1. The molecule has 0 saturated heterocycles. The fraction of sp³-hybridized carbons (Fsp3) is 0. The predicted molar refractivity (Wildman–Crippen MR) is 138 cm³/mol. The molecular formula is C24H13Br2N3O3S. The molecule has 2 heterocycles. The highest BCUT2D eigenvalue weighted by molar-refractivity contribution is 9.10. The van der Waals surface area contributed by atoms with E-state index in [-0.39, 0.29) is 16.9 Å². The second-order valence-corrected chi connectivity index (χ2v) is 9.84. The van der Waals surface area contributed by atoms with Crippen molar-refractivity contribution in [2.24, 2.45) is 5.10 Å². The predicted octanol–water partition coefficient (Wildman–Crippen LogP) is 6.61. The molecule has 0 radical (unpaired) electrons. The van der Waals surface area contributed by atoms with E-state index in [1.54, 1.807) is 42.5 Å². The molecular weight excluding hydrogens is 570 g/mol. The summed E-state index contributed by atoms with van der Waals surface area (Å²) in [4.78, 5) is 30.9. The number of halogens is 2. The Bertz CT molecular complexity index is 1610. The molecule has 5 aromatic rings. The van der Waals surface area contributed by atoms with E-state index in [1.165, 1.54) is 28.8 Å². The molecule has 0 aliphatic rings. The number of amides is 1. The summed E-state index contributed by atoms with van der Waals surface area (Å²) in [5.74, 6) is -0.379. The first-order valence-electron chi connectivity index (χ1n) is 9.70. The van der Waals surface area contributed by atoms with E-state index in [4.69, 9.17) is 4.42 Å². The third-order valence-electron chi connectivity index (χ3n) is 4.80. The highest BCUT2D eigenvalue weighted by atomic mass is 79.9. The van der Waals surface area contributed by atoms with Gasteiger partial charge in [0.25, 0.3) is 5.91 Å². The van der Waals surface area contributed by atoms with Crippen LogP contribution in [-0.4, -0.2) is 17.1 Å². The van der Waals surface area contributed by atoms with Gasteiger partial charge >= 0.3 is 0 Å². The highest BCUT2D eigenvalue weighted by Gasteiger charge is 2.21. The zero-order valence-corrected chi connectivity index (χ0v) is 20.7. The average molecular weight is 583 g/mol. The molecule has 0 unspecified atom stereocenters. The number of hydrazone groups is 1. The number of fused-ring (bicyclic) bond motifs is 2. The van der Waals surface area contributed by atoms with Gasteiger partial charge in [0, 0.05) is 14.5 Å². The second-order valence-electron chi connectivity index (χ2n) is 7.00. The Labute approximate surface area is 208 Å². The second kappa shape index (κ2) is 9.01. The van der Waals surface area contributed by atoms with E-state index in [0.717, 1.165) is 19.2 Å². The molecule has 0 atom stereocenters. The standard InChI is InChI=1S/C24H13Br2N3O3S/c25-16-5-3-4-14(10-16)23(31)29(24-28-19-9-8-17(26)11-21(19)33-24)27-12-15-13-32-20-7-2-1-6-18(20)22(15)30/h1-13H/b27-12+. The molecule has 1 amide bonds. The van der Waals surface area contributed by atoms with Gasteiger partial charge in [0.15, 0.2) is 0 Å². The minimum Gasteiger partial charge on any atom is -0.463 e. The van der Waals surface area contributed by atoms with Crippen molar-refractivity contribution in [2.75, 3.05) is 5.01 Å². The first kappa shape index (κ1) is 21.7. The molecule has 0 saturated carbocycles. The number of aromatic nitrogens is 1. The highest BCUT2D eigenvalue weighted by Crippen LogP contribution is 2.32. The van der Waals surface area contributed by atoms with Crippen molar-refractivity contribution in [1.29, 1.82) is 0 Å². The summed E-state index contributed by atoms with van der Waals surface area (Å²) in [6.45, 7) is 0. The van der Waals surface area contributed by atoms with Crippen LogP contribution < -0.4 is 10.4 Å². The summed E-state index contributed by atoms with van der Waals surface area (Å²) in [5.41, 5.74) is 1.64. The number of nitrogens with zero attached hydrogens (tertiary/aromatic N) is 3. The van der Waals surface area contributed by atoms with Crippen LogP contribution in [0.1, 0.15) is 15.9 Å². The number of para-hydroxylation sites is 1. The van der Waals surface area contributed by atoms with Crippen LogP contribution in [0, 0.1) is 0 Å². The summed E-state index contributed by atoms with van der Waals surface area (Å²) >= 11 is 8.18. The van der Waals surface area contributed by atoms with Crippen molar-refractivity contribution in [3.8, 4) is 0 Å². The third-order valence-corrected chi connectivity index (χ3v) is 6.78. The molecule has 2 aromatic heterocycles. The Morgan fingerprint density at radius 3 is 2.70 bits per heavy atom. The molecule has 0 spiro atoms. The molecule has 0 aliphatic heterocycles. The van der Waals surface area contributed by atoms with Gasteiger partial charge in [0.1, 0.15) is 11.8 Å². The number of carbonyl (C=O) groups excluding carboxylic acids is 1. The van der Waals surface area contributed by atoms with Gasteiger partial charge in [-0.05, 0) is 48.5 Å². The van der Waals surface area contributed by atoms with Gasteiger partial charge < -0.3 is 4.42 Å².